The normalized spacial score (nSPS) is 9.11. The van der Waals surface area contributed by atoms with Crippen LogP contribution in [0, 0.1) is 0 Å². The number of carboxylic acids is 2. The predicted molar refractivity (Wildman–Crippen MR) is 155 cm³/mol. The van der Waals surface area contributed by atoms with Crippen molar-refractivity contribution in [1.29, 1.82) is 0 Å². The largest absolute Gasteiger partial charge is 1.00 e. The Morgan fingerprint density at radius 2 is 1.15 bits per heavy atom. The van der Waals surface area contributed by atoms with Gasteiger partial charge in [-0.25, -0.2) is 4.79 Å². The molecule has 228 valence electrons. The fourth-order valence-corrected chi connectivity index (χ4v) is 4.20. The number of carbonyl (C=O) groups excluding carboxylic acids is 2. The second-order valence-corrected chi connectivity index (χ2v) is 8.61. The van der Waals surface area contributed by atoms with E-state index in [-0.39, 0.29) is 179 Å². The molecule has 0 radical (unpaired) electrons. The number of benzene rings is 2. The minimum Gasteiger partial charge on any atom is -1.00 e. The van der Waals surface area contributed by atoms with E-state index in [9.17, 15) is 14.7 Å². The van der Waals surface area contributed by atoms with Crippen LogP contribution in [-0.2, 0) is 22.8 Å². The molecule has 0 amide bonds. The van der Waals surface area contributed by atoms with Gasteiger partial charge in [0.1, 0.15) is 5.69 Å². The summed E-state index contributed by atoms with van der Waals surface area (Å²) in [4.78, 5) is 38.6. The molecule has 2 aromatic carbocycles. The summed E-state index contributed by atoms with van der Waals surface area (Å²) < 4.78 is 4.04. The molecule has 0 bridgehead atoms. The number of aliphatic hydroxyl groups is 1. The Morgan fingerprint density at radius 3 is 1.50 bits per heavy atom. The number of fused-ring (bicyclic) bond motifs is 2. The molecule has 46 heavy (non-hydrogen) atoms. The monoisotopic (exact) mass is 708 g/mol. The number of nitrogens with zero attached hydrogens (tertiary/aromatic N) is 2. The van der Waals surface area contributed by atoms with Crippen molar-refractivity contribution < 1.29 is 201 Å². The Morgan fingerprint density at radius 1 is 0.783 bits per heavy atom. The standard InChI is InChI=1S/2C14H12N2O2.CH2O3.CH4O.3K.H2O.H/c2*17-14(18)12-8-13-11(15-12)6-7-16(13)9-10-4-2-1-3-5-10;2-1-4-3;1-2;;;;;/h2*1-8,15H,9H2,(H,17,18);1,3H;2H,1H3;;;;1H2;/q;;;;3*+1;;-1/p-2. The molecule has 16 heteroatoms. The number of H-pyrrole nitrogens is 2. The van der Waals surface area contributed by atoms with E-state index in [1.54, 1.807) is 12.1 Å². The molecular formula is C30H31K3N4O9. The Hall–Kier alpha value is -0.721. The van der Waals surface area contributed by atoms with Gasteiger partial charge < -0.3 is 56.3 Å². The van der Waals surface area contributed by atoms with Crippen LogP contribution >= 0.6 is 0 Å². The zero-order valence-electron chi connectivity index (χ0n) is 27.0. The van der Waals surface area contributed by atoms with E-state index in [1.807, 2.05) is 82.2 Å². The van der Waals surface area contributed by atoms with Crippen LogP contribution in [0.15, 0.2) is 97.3 Å². The minimum atomic E-state index is -1.18. The number of aromatic nitrogens is 4. The first-order valence-corrected chi connectivity index (χ1v) is 12.4. The van der Waals surface area contributed by atoms with Crippen molar-refractivity contribution in [2.24, 2.45) is 0 Å². The quantitative estimate of drug-likeness (QED) is 0.0539. The second kappa shape index (κ2) is 25.3. The number of hydrogen-bond acceptors (Lipinski definition) is 7. The number of rotatable bonds is 7. The first kappa shape index (κ1) is 47.4. The van der Waals surface area contributed by atoms with Gasteiger partial charge in [0.2, 0.25) is 0 Å². The summed E-state index contributed by atoms with van der Waals surface area (Å²) in [5, 5.41) is 35.2. The first-order chi connectivity index (χ1) is 20.4. The van der Waals surface area contributed by atoms with Gasteiger partial charge in [-0.2, -0.15) is 0 Å². The third-order valence-electron chi connectivity index (χ3n) is 5.99. The molecule has 0 aliphatic carbocycles. The molecule has 4 heterocycles. The van der Waals surface area contributed by atoms with Gasteiger partial charge in [-0.3, -0.25) is 4.79 Å². The van der Waals surface area contributed by atoms with E-state index in [0.717, 1.165) is 35.7 Å². The molecule has 0 saturated carbocycles. The molecule has 0 fully saturated rings. The Balaban J connectivity index is -0.000000647. The molecule has 0 saturated heterocycles. The van der Waals surface area contributed by atoms with E-state index < -0.39 is 11.9 Å². The molecule has 0 aliphatic rings. The van der Waals surface area contributed by atoms with Gasteiger partial charge in [0.15, 0.2) is 0 Å². The summed E-state index contributed by atoms with van der Waals surface area (Å²) in [6.07, 6.45) is 3.90. The summed E-state index contributed by atoms with van der Waals surface area (Å²) >= 11 is 0. The number of nitrogens with one attached hydrogen (secondary N) is 2. The van der Waals surface area contributed by atoms with Crippen LogP contribution < -0.4 is 165 Å². The SMILES string of the molecule is CO.O.O=C(O)c1cc2c(ccn2Cc2ccccc2)[nH]1.O=C([O-])c1cc2c(ccn2Cc2ccccc2)[nH]1.O=CO[O-].[H-].[K+].[K+].[K+]. The second-order valence-electron chi connectivity index (χ2n) is 8.61. The van der Waals surface area contributed by atoms with Gasteiger partial charge in [0, 0.05) is 32.6 Å². The summed E-state index contributed by atoms with van der Waals surface area (Å²) in [7, 11) is 1.00. The summed E-state index contributed by atoms with van der Waals surface area (Å²) in [6.45, 7) is 1.27. The molecule has 6 aromatic rings. The molecule has 0 aliphatic heterocycles. The maximum absolute atomic E-state index is 10.9. The van der Waals surface area contributed by atoms with Gasteiger partial charge >= 0.3 is 160 Å². The summed E-state index contributed by atoms with van der Waals surface area (Å²) in [5.41, 5.74) is 6.15. The van der Waals surface area contributed by atoms with E-state index in [4.69, 9.17) is 20.3 Å². The summed E-state index contributed by atoms with van der Waals surface area (Å²) in [6, 6.07) is 27.1. The van der Waals surface area contributed by atoms with E-state index in [2.05, 4.69) is 27.0 Å². The minimum absolute atomic E-state index is 0. The fraction of sp³-hybridized carbons (Fsp3) is 0.100. The van der Waals surface area contributed by atoms with Crippen LogP contribution in [0.25, 0.3) is 22.1 Å². The van der Waals surface area contributed by atoms with Crippen molar-refractivity contribution in [1.82, 2.24) is 19.1 Å². The third kappa shape index (κ3) is 14.0. The zero-order chi connectivity index (χ0) is 30.5. The van der Waals surface area contributed by atoms with Crippen molar-refractivity contribution in [3.05, 3.63) is 120 Å². The molecule has 13 nitrogen and oxygen atoms in total. The topological polar surface area (TPSA) is 220 Å². The number of aliphatic hydroxyl groups excluding tert-OH is 1. The van der Waals surface area contributed by atoms with Crippen LogP contribution in [0.3, 0.4) is 0 Å². The number of carbonyl (C=O) groups is 3. The van der Waals surface area contributed by atoms with Gasteiger partial charge in [0.05, 0.1) is 33.7 Å². The number of carboxylic acid groups (broad SMARTS) is 2. The average Bonchev–Trinajstić information content (AvgIpc) is 3.79. The first-order valence-electron chi connectivity index (χ1n) is 12.4. The number of aromatic carboxylic acids is 2. The van der Waals surface area contributed by atoms with Crippen molar-refractivity contribution >= 4 is 40.5 Å². The van der Waals surface area contributed by atoms with Crippen LogP contribution in [0.1, 0.15) is 33.5 Å². The van der Waals surface area contributed by atoms with Crippen molar-refractivity contribution in [3.63, 3.8) is 0 Å². The van der Waals surface area contributed by atoms with Crippen molar-refractivity contribution in [2.45, 2.75) is 13.1 Å². The van der Waals surface area contributed by atoms with Gasteiger partial charge in [-0.05, 0) is 35.4 Å². The fourth-order valence-electron chi connectivity index (χ4n) is 4.20. The Labute approximate surface area is 393 Å². The predicted octanol–water partition coefficient (Wildman–Crippen LogP) is -7.56. The molecule has 6 N–H and O–H groups in total. The molecular weight excluding hydrogens is 678 g/mol. The van der Waals surface area contributed by atoms with Gasteiger partial charge in [0.25, 0.3) is 6.47 Å². The van der Waals surface area contributed by atoms with Gasteiger partial charge in [-0.1, -0.05) is 60.7 Å². The van der Waals surface area contributed by atoms with Crippen molar-refractivity contribution in [3.8, 4) is 0 Å². The van der Waals surface area contributed by atoms with E-state index in [0.29, 0.717) is 6.54 Å². The zero-order valence-corrected chi connectivity index (χ0v) is 35.3. The summed E-state index contributed by atoms with van der Waals surface area (Å²) in [5.74, 6) is -2.12. The van der Waals surface area contributed by atoms with E-state index in [1.165, 1.54) is 11.1 Å². The molecule has 0 spiro atoms. The maximum atomic E-state index is 10.9. The Bertz CT molecular complexity index is 1620. The number of aromatic amines is 2. The van der Waals surface area contributed by atoms with Crippen LogP contribution in [0.4, 0.5) is 0 Å². The number of hydrogen-bond donors (Lipinski definition) is 4. The van der Waals surface area contributed by atoms with Crippen molar-refractivity contribution in [2.75, 3.05) is 7.11 Å². The van der Waals surface area contributed by atoms with Crippen LogP contribution in [0.5, 0.6) is 0 Å². The Kier molecular flexibility index (Phi) is 26.0. The third-order valence-corrected chi connectivity index (χ3v) is 5.99. The molecule has 4 aromatic heterocycles. The molecule has 6 rings (SSSR count). The smallest absolute Gasteiger partial charge is 1.00 e. The van der Waals surface area contributed by atoms with Crippen LogP contribution in [0.2, 0.25) is 0 Å². The molecule has 0 unspecified atom stereocenters. The molecule has 0 atom stereocenters. The average molecular weight is 709 g/mol. The maximum Gasteiger partial charge on any atom is 1.00 e. The van der Waals surface area contributed by atoms with Gasteiger partial charge in [-0.15, -0.1) is 0 Å². The van der Waals surface area contributed by atoms with E-state index >= 15 is 0 Å². The van der Waals surface area contributed by atoms with Crippen LogP contribution in [-0.4, -0.2) is 60.3 Å².